The van der Waals surface area contributed by atoms with Gasteiger partial charge in [-0.2, -0.15) is 0 Å². The number of hydrogen-bond donors (Lipinski definition) is 2. The summed E-state index contributed by atoms with van der Waals surface area (Å²) in [5, 5.41) is 6.86. The molecule has 5 rings (SSSR count). The predicted octanol–water partition coefficient (Wildman–Crippen LogP) is 2.85. The maximum Gasteiger partial charge on any atom is 0.255 e. The molecule has 7 nitrogen and oxygen atoms in total. The lowest BCUT2D eigenvalue weighted by atomic mass is 10.0. The van der Waals surface area contributed by atoms with E-state index in [0.29, 0.717) is 41.4 Å². The number of benzene rings is 1. The van der Waals surface area contributed by atoms with E-state index < -0.39 is 5.82 Å². The number of amides is 1. The molecule has 2 aromatic rings. The Labute approximate surface area is 178 Å². The van der Waals surface area contributed by atoms with E-state index in [9.17, 15) is 9.18 Å². The Morgan fingerprint density at radius 3 is 2.83 bits per heavy atom. The Bertz CT molecular complexity index is 1040. The van der Waals surface area contributed by atoms with Crippen molar-refractivity contribution in [3.63, 3.8) is 0 Å². The van der Waals surface area contributed by atoms with E-state index in [-0.39, 0.29) is 23.6 Å². The second-order valence-electron chi connectivity index (χ2n) is 7.74. The fourth-order valence-corrected chi connectivity index (χ4v) is 4.70. The minimum atomic E-state index is -0.462. The van der Waals surface area contributed by atoms with Crippen LogP contribution in [-0.4, -0.2) is 51.8 Å². The van der Waals surface area contributed by atoms with E-state index in [0.717, 1.165) is 12.8 Å². The number of aromatic nitrogens is 2. The molecule has 1 amide bonds. The van der Waals surface area contributed by atoms with Gasteiger partial charge in [0.25, 0.3) is 5.91 Å². The summed E-state index contributed by atoms with van der Waals surface area (Å²) in [7, 11) is 0. The van der Waals surface area contributed by atoms with Crippen LogP contribution < -0.4 is 10.6 Å². The van der Waals surface area contributed by atoms with E-state index in [2.05, 4.69) is 25.6 Å². The molecule has 154 valence electrons. The number of halogens is 2. The zero-order valence-electron chi connectivity index (χ0n) is 16.1. The Morgan fingerprint density at radius 2 is 2.10 bits per heavy atom. The zero-order valence-corrected chi connectivity index (χ0v) is 16.8. The summed E-state index contributed by atoms with van der Waals surface area (Å²) in [5.41, 5.74) is 0.547. The molecule has 1 aliphatic carbocycles. The Kier molecular flexibility index (Phi) is 4.86. The van der Waals surface area contributed by atoms with Crippen LogP contribution in [0.5, 0.6) is 0 Å². The summed E-state index contributed by atoms with van der Waals surface area (Å²) >= 11 is 5.86. The number of carbonyl (C=O) groups excluding carboxylic acids is 1. The number of piperidine rings is 1. The van der Waals surface area contributed by atoms with Crippen LogP contribution in [-0.2, 0) is 0 Å². The van der Waals surface area contributed by atoms with E-state index >= 15 is 0 Å². The summed E-state index contributed by atoms with van der Waals surface area (Å²) in [6, 6.07) is 4.63. The predicted molar refractivity (Wildman–Crippen MR) is 112 cm³/mol. The van der Waals surface area contributed by atoms with E-state index in [1.165, 1.54) is 6.07 Å². The normalized spacial score (nSPS) is 24.5. The maximum atomic E-state index is 14.7. The van der Waals surface area contributed by atoms with Gasteiger partial charge in [-0.05, 0) is 37.0 Å². The van der Waals surface area contributed by atoms with Crippen molar-refractivity contribution in [2.45, 2.75) is 24.9 Å². The lowest BCUT2D eigenvalue weighted by Crippen LogP contribution is -2.48. The first-order valence-electron chi connectivity index (χ1n) is 9.91. The van der Waals surface area contributed by atoms with Crippen LogP contribution in [0.25, 0.3) is 0 Å². The molecule has 1 saturated carbocycles. The van der Waals surface area contributed by atoms with Crippen molar-refractivity contribution in [1.29, 1.82) is 0 Å². The van der Waals surface area contributed by atoms with Crippen LogP contribution in [0.3, 0.4) is 0 Å². The summed E-state index contributed by atoms with van der Waals surface area (Å²) in [5.74, 6) is 0.625. The molecule has 2 N–H and O–H groups in total. The third-order valence-electron chi connectivity index (χ3n) is 5.85. The number of nitrogens with zero attached hydrogens (tertiary/aromatic N) is 4. The first-order valence-corrected chi connectivity index (χ1v) is 10.3. The van der Waals surface area contributed by atoms with Crippen molar-refractivity contribution in [2.75, 3.05) is 18.4 Å². The molecular weight excluding hydrogens is 407 g/mol. The second-order valence-corrected chi connectivity index (χ2v) is 8.18. The number of fused-ring (bicyclic) bond motifs is 2. The molecular formula is C21H20ClFN6O. The Hall–Kier alpha value is -3.00. The molecule has 3 heterocycles. The van der Waals surface area contributed by atoms with Crippen molar-refractivity contribution >= 4 is 29.3 Å². The molecule has 2 fully saturated rings. The van der Waals surface area contributed by atoms with Gasteiger partial charge in [0.1, 0.15) is 11.7 Å². The number of rotatable bonds is 4. The fraction of sp³-hybridized carbons (Fsp3) is 0.333. The van der Waals surface area contributed by atoms with Crippen LogP contribution in [0.1, 0.15) is 28.8 Å². The van der Waals surface area contributed by atoms with Gasteiger partial charge in [0.2, 0.25) is 5.95 Å². The van der Waals surface area contributed by atoms with Gasteiger partial charge in [-0.3, -0.25) is 4.79 Å². The summed E-state index contributed by atoms with van der Waals surface area (Å²) in [6.07, 6.45) is 8.38. The zero-order chi connectivity index (χ0) is 20.7. The smallest absolute Gasteiger partial charge is 0.255 e. The molecule has 0 radical (unpaired) electrons. The van der Waals surface area contributed by atoms with Crippen molar-refractivity contribution in [1.82, 2.24) is 20.2 Å². The van der Waals surface area contributed by atoms with Crippen LogP contribution in [0.4, 0.5) is 10.3 Å². The number of amidine groups is 1. The SMILES string of the molecule is O=C(c1cccc(F)c1C1=NC=CCN1)N1CC2CC(Nc3ncc(Cl)cn3)C1C2. The first kappa shape index (κ1) is 19.0. The molecule has 30 heavy (non-hydrogen) atoms. The highest BCUT2D eigenvalue weighted by atomic mass is 35.5. The molecule has 0 spiro atoms. The third kappa shape index (κ3) is 3.41. The van der Waals surface area contributed by atoms with Gasteiger partial charge in [-0.1, -0.05) is 17.7 Å². The number of aliphatic imine (C=N–C) groups is 1. The Balaban J connectivity index is 1.41. The van der Waals surface area contributed by atoms with E-state index in [4.69, 9.17) is 11.6 Å². The number of anilines is 1. The number of likely N-dealkylation sites (tertiary alicyclic amines) is 1. The van der Waals surface area contributed by atoms with Crippen LogP contribution in [0, 0.1) is 11.7 Å². The van der Waals surface area contributed by atoms with Crippen molar-refractivity contribution < 1.29 is 9.18 Å². The molecule has 2 aliphatic heterocycles. The number of nitrogens with one attached hydrogen (secondary N) is 2. The standard InChI is InChI=1S/C21H20ClFN6O/c22-13-9-26-21(27-10-13)28-16-7-12-8-17(16)29(11-12)20(30)14-3-1-4-15(23)18(14)19-24-5-2-6-25-19/h1-5,9-10,12,16-17H,6-8,11H2,(H,24,25)(H,26,27,28). The minimum Gasteiger partial charge on any atom is -0.366 e. The first-order chi connectivity index (χ1) is 14.6. The summed E-state index contributed by atoms with van der Waals surface area (Å²) < 4.78 is 14.7. The minimum absolute atomic E-state index is 0.000884. The molecule has 1 saturated heterocycles. The highest BCUT2D eigenvalue weighted by Crippen LogP contribution is 2.40. The number of hydrogen-bond acceptors (Lipinski definition) is 6. The highest BCUT2D eigenvalue weighted by molar-refractivity contribution is 6.30. The fourth-order valence-electron chi connectivity index (χ4n) is 4.60. The molecule has 1 aromatic heterocycles. The summed E-state index contributed by atoms with van der Waals surface area (Å²) in [4.78, 5) is 28.0. The van der Waals surface area contributed by atoms with Crippen molar-refractivity contribution in [3.05, 3.63) is 64.8 Å². The second kappa shape index (κ2) is 7.68. The molecule has 2 bridgehead atoms. The quantitative estimate of drug-likeness (QED) is 0.785. The average Bonchev–Trinajstić information content (AvgIpc) is 3.36. The topological polar surface area (TPSA) is 82.5 Å². The highest BCUT2D eigenvalue weighted by Gasteiger charge is 2.47. The molecule has 3 aliphatic rings. The van der Waals surface area contributed by atoms with Crippen LogP contribution in [0.2, 0.25) is 5.02 Å². The Morgan fingerprint density at radius 1 is 1.27 bits per heavy atom. The van der Waals surface area contributed by atoms with Crippen molar-refractivity contribution in [3.8, 4) is 0 Å². The van der Waals surface area contributed by atoms with E-state index in [1.807, 2.05) is 11.0 Å². The lowest BCUT2D eigenvalue weighted by molar-refractivity contribution is 0.0691. The van der Waals surface area contributed by atoms with Crippen LogP contribution in [0.15, 0.2) is 47.9 Å². The van der Waals surface area contributed by atoms with Gasteiger partial charge in [0.05, 0.1) is 34.6 Å². The van der Waals surface area contributed by atoms with Gasteiger partial charge in [-0.15, -0.1) is 0 Å². The monoisotopic (exact) mass is 426 g/mol. The van der Waals surface area contributed by atoms with Crippen LogP contribution >= 0.6 is 11.6 Å². The largest absolute Gasteiger partial charge is 0.366 e. The number of carbonyl (C=O) groups is 1. The van der Waals surface area contributed by atoms with Crippen molar-refractivity contribution in [2.24, 2.45) is 10.9 Å². The molecule has 9 heteroatoms. The maximum absolute atomic E-state index is 14.7. The van der Waals surface area contributed by atoms with Gasteiger partial charge in [0.15, 0.2) is 0 Å². The molecule has 3 atom stereocenters. The van der Waals surface area contributed by atoms with Gasteiger partial charge in [0, 0.05) is 25.3 Å². The lowest BCUT2D eigenvalue weighted by Gasteiger charge is -2.34. The molecule has 1 aromatic carbocycles. The van der Waals surface area contributed by atoms with Gasteiger partial charge in [-0.25, -0.2) is 19.4 Å². The van der Waals surface area contributed by atoms with Gasteiger partial charge < -0.3 is 15.5 Å². The third-order valence-corrected chi connectivity index (χ3v) is 6.05. The van der Waals surface area contributed by atoms with E-state index in [1.54, 1.807) is 30.7 Å². The van der Waals surface area contributed by atoms with Gasteiger partial charge >= 0.3 is 0 Å². The average molecular weight is 427 g/mol. The summed E-state index contributed by atoms with van der Waals surface area (Å²) in [6.45, 7) is 1.21. The molecule has 3 unspecified atom stereocenters.